The van der Waals surface area contributed by atoms with Gasteiger partial charge in [-0.25, -0.2) is 9.13 Å². The number of carbonyl (C=O) groups is 4. The van der Waals surface area contributed by atoms with Crippen molar-refractivity contribution in [2.75, 3.05) is 39.6 Å². The normalized spacial score (nSPS) is 14.1. The molecule has 3 N–H and O–H groups in total. The lowest BCUT2D eigenvalue weighted by Gasteiger charge is -2.21. The third kappa shape index (κ3) is 76.8. The van der Waals surface area contributed by atoms with Crippen molar-refractivity contribution >= 4 is 39.5 Å². The number of unbranched alkanes of at least 4 members (excludes halogenated alkanes) is 53. The number of carbonyl (C=O) groups excluding carboxylic acids is 4. The molecule has 0 amide bonds. The Kier molecular flexibility index (Phi) is 75.0. The van der Waals surface area contributed by atoms with Crippen LogP contribution in [0.3, 0.4) is 0 Å². The molecule has 0 aromatic carbocycles. The second kappa shape index (κ2) is 76.4. The van der Waals surface area contributed by atoms with Gasteiger partial charge in [-0.05, 0) is 37.5 Å². The Morgan fingerprint density at radius 2 is 0.490 bits per heavy atom. The van der Waals surface area contributed by atoms with Gasteiger partial charge in [-0.3, -0.25) is 37.3 Å². The van der Waals surface area contributed by atoms with Crippen molar-refractivity contribution in [3.05, 3.63) is 0 Å². The summed E-state index contributed by atoms with van der Waals surface area (Å²) in [4.78, 5) is 73.2. The van der Waals surface area contributed by atoms with Crippen LogP contribution in [-0.4, -0.2) is 96.7 Å². The van der Waals surface area contributed by atoms with E-state index in [1.54, 1.807) is 0 Å². The first-order valence-electron chi connectivity index (χ1n) is 44.0. The standard InChI is InChI=1S/C85H166O17P2/c1-7-10-12-14-16-18-20-22-23-24-25-26-27-28-29-30-35-39-45-51-57-63-69-84(89)101-80(73-96-83(88)68-62-56-50-44-38-34-32-31-33-36-42-48-54-60-66-78(6)9-3)75-99-103(91,92)97-71-79(86)72-98-104(93,94)100-76-81(102-85(90)70-64-58-52-46-40-41-47-53-59-65-77(4)5)74-95-82(87)67-61-55-49-43-37-21-19-17-15-13-11-8-2/h77-81,86H,7-76H2,1-6H3,(H,91,92)(H,93,94)/t78?,79-,80-,81-/m1/s1. The molecule has 0 fully saturated rings. The molecule has 104 heavy (non-hydrogen) atoms. The van der Waals surface area contributed by atoms with E-state index in [2.05, 4.69) is 41.5 Å². The highest BCUT2D eigenvalue weighted by molar-refractivity contribution is 7.47. The summed E-state index contributed by atoms with van der Waals surface area (Å²) >= 11 is 0. The number of rotatable bonds is 84. The zero-order valence-electron chi connectivity index (χ0n) is 68.3. The molecule has 618 valence electrons. The number of aliphatic hydroxyl groups excluding tert-OH is 1. The van der Waals surface area contributed by atoms with Crippen LogP contribution in [-0.2, 0) is 65.4 Å². The number of phosphoric acid groups is 2. The molecule has 0 aromatic heterocycles. The lowest BCUT2D eigenvalue weighted by atomic mass is 9.99. The molecule has 0 saturated heterocycles. The first-order chi connectivity index (χ1) is 50.4. The van der Waals surface area contributed by atoms with E-state index in [0.717, 1.165) is 102 Å². The van der Waals surface area contributed by atoms with Crippen LogP contribution in [0.1, 0.15) is 452 Å². The molecule has 19 heteroatoms. The predicted octanol–water partition coefficient (Wildman–Crippen LogP) is 25.8. The Balaban J connectivity index is 5.22. The van der Waals surface area contributed by atoms with Gasteiger partial charge in [0.25, 0.3) is 0 Å². The third-order valence-corrected chi connectivity index (χ3v) is 22.2. The van der Waals surface area contributed by atoms with Crippen molar-refractivity contribution in [1.82, 2.24) is 0 Å². The number of hydrogen-bond acceptors (Lipinski definition) is 15. The van der Waals surface area contributed by atoms with Gasteiger partial charge in [0, 0.05) is 25.7 Å². The summed E-state index contributed by atoms with van der Waals surface area (Å²) in [6.45, 7) is 9.69. The van der Waals surface area contributed by atoms with Crippen molar-refractivity contribution < 1.29 is 80.2 Å². The zero-order chi connectivity index (χ0) is 76.4. The molecular formula is C85H166O17P2. The summed E-state index contributed by atoms with van der Waals surface area (Å²) in [5, 5.41) is 10.7. The molecule has 0 heterocycles. The van der Waals surface area contributed by atoms with Crippen LogP contribution in [0.5, 0.6) is 0 Å². The average Bonchev–Trinajstić information content (AvgIpc) is 0.906. The molecule has 0 rings (SSSR count). The third-order valence-electron chi connectivity index (χ3n) is 20.3. The smallest absolute Gasteiger partial charge is 0.462 e. The number of esters is 4. The largest absolute Gasteiger partial charge is 0.472 e. The Bertz CT molecular complexity index is 2000. The lowest BCUT2D eigenvalue weighted by Crippen LogP contribution is -2.30. The SMILES string of the molecule is CCCCCCCCCCCCCCCCCCCCCCCCC(=O)O[C@H](COC(=O)CCCCCCCCCCCCCCCCC(C)CC)COP(=O)(O)OC[C@@H](O)COP(=O)(O)OC[C@@H](COC(=O)CCCCCCCCCCCCCC)OC(=O)CCCCCCCCCCCC(C)C. The van der Waals surface area contributed by atoms with Crippen LogP contribution in [0.4, 0.5) is 0 Å². The van der Waals surface area contributed by atoms with E-state index in [0.29, 0.717) is 25.7 Å². The first-order valence-corrected chi connectivity index (χ1v) is 47.0. The summed E-state index contributed by atoms with van der Waals surface area (Å²) < 4.78 is 68.8. The molecule has 3 unspecified atom stereocenters. The number of aliphatic hydroxyl groups is 1. The lowest BCUT2D eigenvalue weighted by molar-refractivity contribution is -0.161. The van der Waals surface area contributed by atoms with E-state index in [9.17, 15) is 43.2 Å². The molecule has 0 aliphatic carbocycles. The second-order valence-electron chi connectivity index (χ2n) is 31.3. The second-order valence-corrected chi connectivity index (χ2v) is 34.2. The van der Waals surface area contributed by atoms with Crippen molar-refractivity contribution in [1.29, 1.82) is 0 Å². The maximum atomic E-state index is 13.1. The fraction of sp³-hybridized carbons (Fsp3) is 0.953. The van der Waals surface area contributed by atoms with Gasteiger partial charge in [0.15, 0.2) is 12.2 Å². The average molecular weight is 1520 g/mol. The van der Waals surface area contributed by atoms with E-state index in [4.69, 9.17) is 37.0 Å². The summed E-state index contributed by atoms with van der Waals surface area (Å²) in [5.41, 5.74) is 0. The number of ether oxygens (including phenoxy) is 4. The molecule has 0 aromatic rings. The minimum absolute atomic E-state index is 0.106. The molecular weight excluding hydrogens is 1350 g/mol. The van der Waals surface area contributed by atoms with E-state index >= 15 is 0 Å². The minimum atomic E-state index is -4.97. The summed E-state index contributed by atoms with van der Waals surface area (Å²) in [7, 11) is -9.92. The molecule has 6 atom stereocenters. The van der Waals surface area contributed by atoms with Crippen LogP contribution in [0, 0.1) is 11.8 Å². The first kappa shape index (κ1) is 102. The highest BCUT2D eigenvalue weighted by Crippen LogP contribution is 2.45. The molecule has 17 nitrogen and oxygen atoms in total. The van der Waals surface area contributed by atoms with Gasteiger partial charge < -0.3 is 33.8 Å². The Morgan fingerprint density at radius 3 is 0.731 bits per heavy atom. The van der Waals surface area contributed by atoms with Crippen molar-refractivity contribution in [2.24, 2.45) is 11.8 Å². The summed E-state index contributed by atoms with van der Waals surface area (Å²) in [6.07, 6.45) is 68.0. The summed E-state index contributed by atoms with van der Waals surface area (Å²) in [6, 6.07) is 0. The van der Waals surface area contributed by atoms with Crippen LogP contribution >= 0.6 is 15.6 Å². The van der Waals surface area contributed by atoms with Gasteiger partial charge in [-0.1, -0.05) is 401 Å². The summed E-state index contributed by atoms with van der Waals surface area (Å²) in [5.74, 6) is -0.518. The van der Waals surface area contributed by atoms with Crippen molar-refractivity contribution in [2.45, 2.75) is 471 Å². The van der Waals surface area contributed by atoms with Gasteiger partial charge in [-0.15, -0.1) is 0 Å². The van der Waals surface area contributed by atoms with Crippen LogP contribution in [0.2, 0.25) is 0 Å². The molecule has 0 aliphatic heterocycles. The molecule has 0 bridgehead atoms. The fourth-order valence-electron chi connectivity index (χ4n) is 13.2. The molecule has 0 spiro atoms. The topological polar surface area (TPSA) is 237 Å². The zero-order valence-corrected chi connectivity index (χ0v) is 70.1. The highest BCUT2D eigenvalue weighted by Gasteiger charge is 2.30. The molecule has 0 radical (unpaired) electrons. The van der Waals surface area contributed by atoms with Gasteiger partial charge in [0.05, 0.1) is 26.4 Å². The van der Waals surface area contributed by atoms with E-state index in [1.807, 2.05) is 0 Å². The number of hydrogen-bond donors (Lipinski definition) is 3. The van der Waals surface area contributed by atoms with Gasteiger partial charge in [-0.2, -0.15) is 0 Å². The Morgan fingerprint density at radius 1 is 0.279 bits per heavy atom. The van der Waals surface area contributed by atoms with Gasteiger partial charge in [0.2, 0.25) is 0 Å². The van der Waals surface area contributed by atoms with Crippen molar-refractivity contribution in [3.8, 4) is 0 Å². The quantitative estimate of drug-likeness (QED) is 0.0222. The molecule has 0 aliphatic rings. The Labute approximate surface area is 638 Å². The fourth-order valence-corrected chi connectivity index (χ4v) is 14.8. The van der Waals surface area contributed by atoms with Gasteiger partial charge in [0.1, 0.15) is 19.3 Å². The Hall–Kier alpha value is -1.94. The number of phosphoric ester groups is 2. The monoisotopic (exact) mass is 1520 g/mol. The van der Waals surface area contributed by atoms with Gasteiger partial charge >= 0.3 is 39.5 Å². The predicted molar refractivity (Wildman–Crippen MR) is 428 cm³/mol. The van der Waals surface area contributed by atoms with Crippen LogP contribution in [0.15, 0.2) is 0 Å². The van der Waals surface area contributed by atoms with Crippen LogP contribution < -0.4 is 0 Å². The highest BCUT2D eigenvalue weighted by atomic mass is 31.2. The van der Waals surface area contributed by atoms with E-state index in [1.165, 1.54) is 270 Å². The molecule has 0 saturated carbocycles. The maximum Gasteiger partial charge on any atom is 0.472 e. The van der Waals surface area contributed by atoms with Crippen LogP contribution in [0.25, 0.3) is 0 Å². The van der Waals surface area contributed by atoms with E-state index in [-0.39, 0.29) is 25.7 Å². The van der Waals surface area contributed by atoms with Crippen molar-refractivity contribution in [3.63, 3.8) is 0 Å². The maximum absolute atomic E-state index is 13.1. The minimum Gasteiger partial charge on any atom is -0.462 e. The van der Waals surface area contributed by atoms with E-state index < -0.39 is 97.5 Å².